The number of hydrogen-bond donors (Lipinski definition) is 3. The number of aromatic nitrogens is 1. The van der Waals surface area contributed by atoms with E-state index in [0.717, 1.165) is 5.56 Å². The van der Waals surface area contributed by atoms with Gasteiger partial charge in [-0.15, -0.1) is 0 Å². The number of sulfonamides is 1. The van der Waals surface area contributed by atoms with Crippen molar-refractivity contribution in [2.45, 2.75) is 36.7 Å². The van der Waals surface area contributed by atoms with E-state index in [1.807, 2.05) is 30.3 Å². The average Bonchev–Trinajstić information content (AvgIpc) is 3.21. The number of nitrogens with two attached hydrogens (primary N) is 1. The molecule has 2 atom stereocenters. The third-order valence-corrected chi connectivity index (χ3v) is 6.11. The maximum absolute atomic E-state index is 12.8. The Kier molecular flexibility index (Phi) is 5.17. The molecule has 4 N–H and O–H groups in total. The molecule has 2 aromatic rings. The van der Waals surface area contributed by atoms with Gasteiger partial charge in [-0.1, -0.05) is 30.3 Å². The summed E-state index contributed by atoms with van der Waals surface area (Å²) in [4.78, 5) is 17.3. The molecular weight excluding hydrogens is 352 g/mol. The van der Waals surface area contributed by atoms with Crippen LogP contribution in [0.25, 0.3) is 0 Å². The molecule has 0 spiro atoms. The van der Waals surface area contributed by atoms with Gasteiger partial charge < -0.3 is 15.6 Å². The zero-order valence-electron chi connectivity index (χ0n) is 14.8. The fourth-order valence-electron chi connectivity index (χ4n) is 3.25. The van der Waals surface area contributed by atoms with Gasteiger partial charge in [-0.25, -0.2) is 13.1 Å². The van der Waals surface area contributed by atoms with E-state index in [0.29, 0.717) is 13.1 Å². The Hall–Kier alpha value is -2.16. The van der Waals surface area contributed by atoms with Crippen molar-refractivity contribution in [1.29, 1.82) is 0 Å². The molecule has 0 unspecified atom stereocenters. The van der Waals surface area contributed by atoms with Crippen LogP contribution in [-0.4, -0.2) is 49.4 Å². The van der Waals surface area contributed by atoms with Gasteiger partial charge >= 0.3 is 0 Å². The fourth-order valence-corrected chi connectivity index (χ4v) is 4.49. The molecule has 140 valence electrons. The molecule has 1 aromatic carbocycles. The molecule has 1 aromatic heterocycles. The minimum atomic E-state index is -3.64. The summed E-state index contributed by atoms with van der Waals surface area (Å²) in [7, 11) is -3.64. The van der Waals surface area contributed by atoms with E-state index >= 15 is 0 Å². The molecule has 7 nitrogen and oxygen atoms in total. The van der Waals surface area contributed by atoms with Gasteiger partial charge in [-0.3, -0.25) is 4.79 Å². The Morgan fingerprint density at radius 3 is 2.62 bits per heavy atom. The predicted molar refractivity (Wildman–Crippen MR) is 99.3 cm³/mol. The Morgan fingerprint density at radius 1 is 1.27 bits per heavy atom. The molecule has 1 aliphatic rings. The molecule has 0 saturated carbocycles. The van der Waals surface area contributed by atoms with Gasteiger partial charge in [0, 0.05) is 37.3 Å². The number of rotatable bonds is 5. The minimum Gasteiger partial charge on any atom is -0.356 e. The fraction of sp³-hybridized carbons (Fsp3) is 0.389. The highest BCUT2D eigenvalue weighted by Gasteiger charge is 2.35. The summed E-state index contributed by atoms with van der Waals surface area (Å²) in [5.41, 5.74) is 7.58. The zero-order chi connectivity index (χ0) is 18.9. The number of nitrogens with zero attached hydrogens (tertiary/aromatic N) is 1. The Bertz CT molecular complexity index is 877. The van der Waals surface area contributed by atoms with E-state index in [2.05, 4.69) is 9.71 Å². The van der Waals surface area contributed by atoms with Crippen molar-refractivity contribution in [2.24, 2.45) is 5.73 Å². The molecule has 1 aliphatic heterocycles. The van der Waals surface area contributed by atoms with Crippen LogP contribution in [-0.2, 0) is 10.0 Å². The van der Waals surface area contributed by atoms with Gasteiger partial charge in [0.25, 0.3) is 5.91 Å². The first kappa shape index (κ1) is 18.6. The standard InChI is InChI=1S/C18H24N4O3S/c1-12(2)21-26(24,25)14-8-17(20-9-14)18(23)22-10-15(16(19)11-22)13-6-4-3-5-7-13/h3-9,12,15-16,20-21H,10-11,19H2,1-2H3/t15-,16+/m0/s1. The van der Waals surface area contributed by atoms with E-state index < -0.39 is 10.0 Å². The van der Waals surface area contributed by atoms with Gasteiger partial charge in [-0.05, 0) is 25.5 Å². The van der Waals surface area contributed by atoms with Crippen LogP contribution in [0.1, 0.15) is 35.8 Å². The van der Waals surface area contributed by atoms with Gasteiger partial charge in [0.2, 0.25) is 10.0 Å². The van der Waals surface area contributed by atoms with Gasteiger partial charge in [0.1, 0.15) is 10.6 Å². The second kappa shape index (κ2) is 7.22. The second-order valence-electron chi connectivity index (χ2n) is 6.92. The van der Waals surface area contributed by atoms with Gasteiger partial charge in [0.05, 0.1) is 0 Å². The van der Waals surface area contributed by atoms with Gasteiger partial charge in [0.15, 0.2) is 0 Å². The van der Waals surface area contributed by atoms with E-state index in [-0.39, 0.29) is 34.5 Å². The lowest BCUT2D eigenvalue weighted by Gasteiger charge is -2.15. The van der Waals surface area contributed by atoms with Crippen molar-refractivity contribution in [3.63, 3.8) is 0 Å². The third kappa shape index (κ3) is 3.82. The molecule has 1 amide bonds. The quantitative estimate of drug-likeness (QED) is 0.730. The number of amides is 1. The summed E-state index contributed by atoms with van der Waals surface area (Å²) < 4.78 is 26.9. The Balaban J connectivity index is 1.75. The maximum Gasteiger partial charge on any atom is 0.270 e. The van der Waals surface area contributed by atoms with E-state index in [1.165, 1.54) is 12.3 Å². The monoisotopic (exact) mass is 376 g/mol. The summed E-state index contributed by atoms with van der Waals surface area (Å²) >= 11 is 0. The molecule has 0 aliphatic carbocycles. The predicted octanol–water partition coefficient (Wildman–Crippen LogP) is 1.27. The highest BCUT2D eigenvalue weighted by atomic mass is 32.2. The van der Waals surface area contributed by atoms with Crippen molar-refractivity contribution in [1.82, 2.24) is 14.6 Å². The highest BCUT2D eigenvalue weighted by molar-refractivity contribution is 7.89. The smallest absolute Gasteiger partial charge is 0.270 e. The number of carbonyl (C=O) groups is 1. The van der Waals surface area contributed by atoms with E-state index in [9.17, 15) is 13.2 Å². The van der Waals surface area contributed by atoms with Crippen LogP contribution in [0.2, 0.25) is 0 Å². The number of nitrogens with one attached hydrogen (secondary N) is 2. The Labute approximate surface area is 153 Å². The van der Waals surface area contributed by atoms with Crippen molar-refractivity contribution in [3.05, 3.63) is 53.9 Å². The normalized spacial score (nSPS) is 20.7. The number of H-pyrrole nitrogens is 1. The Morgan fingerprint density at radius 2 is 1.96 bits per heavy atom. The molecule has 1 saturated heterocycles. The minimum absolute atomic E-state index is 0.0534. The van der Waals surface area contributed by atoms with Crippen molar-refractivity contribution in [2.75, 3.05) is 13.1 Å². The summed E-state index contributed by atoms with van der Waals surface area (Å²) in [5.74, 6) is -0.175. The van der Waals surface area contributed by atoms with Crippen molar-refractivity contribution in [3.8, 4) is 0 Å². The van der Waals surface area contributed by atoms with Crippen LogP contribution < -0.4 is 10.5 Å². The highest BCUT2D eigenvalue weighted by Crippen LogP contribution is 2.27. The molecule has 0 bridgehead atoms. The molecule has 26 heavy (non-hydrogen) atoms. The largest absolute Gasteiger partial charge is 0.356 e. The SMILES string of the molecule is CC(C)NS(=O)(=O)c1c[nH]c(C(=O)N2C[C@@H](N)[C@H](c3ccccc3)C2)c1. The number of hydrogen-bond acceptors (Lipinski definition) is 4. The summed E-state index contributed by atoms with van der Waals surface area (Å²) in [6.07, 6.45) is 1.34. The van der Waals surface area contributed by atoms with Crippen LogP contribution >= 0.6 is 0 Å². The average molecular weight is 376 g/mol. The molecule has 8 heteroatoms. The number of likely N-dealkylation sites (tertiary alicyclic amines) is 1. The first-order valence-corrected chi connectivity index (χ1v) is 10.1. The summed E-state index contributed by atoms with van der Waals surface area (Å²) in [6.45, 7) is 4.43. The molecular formula is C18H24N4O3S. The zero-order valence-corrected chi connectivity index (χ0v) is 15.7. The lowest BCUT2D eigenvalue weighted by Crippen LogP contribution is -2.32. The van der Waals surface area contributed by atoms with Crippen LogP contribution in [0.4, 0.5) is 0 Å². The van der Waals surface area contributed by atoms with Crippen molar-refractivity contribution < 1.29 is 13.2 Å². The van der Waals surface area contributed by atoms with Gasteiger partial charge in [-0.2, -0.15) is 0 Å². The first-order chi connectivity index (χ1) is 12.3. The van der Waals surface area contributed by atoms with Crippen LogP contribution in [0.3, 0.4) is 0 Å². The number of benzene rings is 1. The van der Waals surface area contributed by atoms with Crippen LogP contribution in [0.15, 0.2) is 47.5 Å². The molecule has 0 radical (unpaired) electrons. The maximum atomic E-state index is 12.8. The summed E-state index contributed by atoms with van der Waals surface area (Å²) in [6, 6.07) is 10.9. The molecule has 3 rings (SSSR count). The topological polar surface area (TPSA) is 108 Å². The van der Waals surface area contributed by atoms with Crippen molar-refractivity contribution >= 4 is 15.9 Å². The number of aromatic amines is 1. The van der Waals surface area contributed by atoms with Crippen LogP contribution in [0, 0.1) is 0 Å². The summed E-state index contributed by atoms with van der Waals surface area (Å²) in [5, 5.41) is 0. The van der Waals surface area contributed by atoms with E-state index in [1.54, 1.807) is 18.7 Å². The molecule has 2 heterocycles. The first-order valence-electron chi connectivity index (χ1n) is 8.58. The number of carbonyl (C=O) groups excluding carboxylic acids is 1. The second-order valence-corrected chi connectivity index (χ2v) is 8.63. The lowest BCUT2D eigenvalue weighted by atomic mass is 9.95. The van der Waals surface area contributed by atoms with Crippen LogP contribution in [0.5, 0.6) is 0 Å². The molecule has 1 fully saturated rings. The third-order valence-electron chi connectivity index (χ3n) is 4.47. The van der Waals surface area contributed by atoms with E-state index in [4.69, 9.17) is 5.73 Å². The lowest BCUT2D eigenvalue weighted by molar-refractivity contribution is 0.0784.